The van der Waals surface area contributed by atoms with Gasteiger partial charge in [0.1, 0.15) is 5.82 Å². The number of benzene rings is 1. The molecule has 3 rings (SSSR count). The van der Waals surface area contributed by atoms with Crippen LogP contribution >= 0.6 is 23.2 Å². The largest absolute Gasteiger partial charge is 0.477 e. The molecular weight excluding hydrogens is 325 g/mol. The molecule has 2 heterocycles. The van der Waals surface area contributed by atoms with Crippen LogP contribution in [0.3, 0.4) is 0 Å². The Kier molecular flexibility index (Phi) is 3.85. The maximum absolute atomic E-state index is 12.5. The number of ether oxygens (including phenoxy) is 1. The zero-order chi connectivity index (χ0) is 15.9. The van der Waals surface area contributed by atoms with Gasteiger partial charge in [-0.05, 0) is 31.2 Å². The van der Waals surface area contributed by atoms with E-state index in [4.69, 9.17) is 33.7 Å². The SMILES string of the molecule is CC1Oc2ccc(N)nc2N(Cc2c(Cl)cccc2Cl)C1=O. The standard InChI is InChI=1S/C15H13Cl2N3O2/c1-8-15(21)20(7-9-10(16)3-2-4-11(9)17)14-12(22-8)5-6-13(18)19-14/h2-6,8H,7H2,1H3,(H2,18,19). The van der Waals surface area contributed by atoms with Gasteiger partial charge in [-0.1, -0.05) is 29.3 Å². The van der Waals surface area contributed by atoms with Crippen LogP contribution in [-0.4, -0.2) is 17.0 Å². The van der Waals surface area contributed by atoms with Gasteiger partial charge in [0.05, 0.1) is 6.54 Å². The van der Waals surface area contributed by atoms with E-state index in [-0.39, 0.29) is 12.5 Å². The van der Waals surface area contributed by atoms with E-state index in [9.17, 15) is 4.79 Å². The number of carbonyl (C=O) groups is 1. The minimum atomic E-state index is -0.612. The Morgan fingerprint density at radius 3 is 2.64 bits per heavy atom. The molecule has 1 aliphatic rings. The van der Waals surface area contributed by atoms with E-state index in [1.165, 1.54) is 4.90 Å². The van der Waals surface area contributed by atoms with Crippen molar-refractivity contribution in [2.75, 3.05) is 10.6 Å². The van der Waals surface area contributed by atoms with Crippen molar-refractivity contribution in [1.82, 2.24) is 4.98 Å². The van der Waals surface area contributed by atoms with Crippen molar-refractivity contribution in [3.8, 4) is 5.75 Å². The molecule has 7 heteroatoms. The Labute approximate surface area is 137 Å². The molecule has 0 bridgehead atoms. The summed E-state index contributed by atoms with van der Waals surface area (Å²) >= 11 is 12.4. The van der Waals surface area contributed by atoms with E-state index >= 15 is 0 Å². The number of aromatic nitrogens is 1. The molecule has 1 amide bonds. The van der Waals surface area contributed by atoms with E-state index in [1.54, 1.807) is 37.3 Å². The van der Waals surface area contributed by atoms with Crippen molar-refractivity contribution in [3.05, 3.63) is 45.9 Å². The summed E-state index contributed by atoms with van der Waals surface area (Å²) in [6.07, 6.45) is -0.612. The maximum Gasteiger partial charge on any atom is 0.269 e. The number of pyridine rings is 1. The average molecular weight is 338 g/mol. The van der Waals surface area contributed by atoms with Crippen LogP contribution in [0.15, 0.2) is 30.3 Å². The summed E-state index contributed by atoms with van der Waals surface area (Å²) in [6, 6.07) is 8.53. The molecule has 2 N–H and O–H groups in total. The van der Waals surface area contributed by atoms with Crippen molar-refractivity contribution in [2.24, 2.45) is 0 Å². The van der Waals surface area contributed by atoms with Crippen molar-refractivity contribution < 1.29 is 9.53 Å². The number of halogens is 2. The second-order valence-corrected chi connectivity index (χ2v) is 5.76. The summed E-state index contributed by atoms with van der Waals surface area (Å²) in [7, 11) is 0. The predicted octanol–water partition coefficient (Wildman–Crippen LogP) is 3.28. The fourth-order valence-electron chi connectivity index (χ4n) is 2.29. The Hall–Kier alpha value is -1.98. The minimum absolute atomic E-state index is 0.203. The van der Waals surface area contributed by atoms with Crippen molar-refractivity contribution in [3.63, 3.8) is 0 Å². The van der Waals surface area contributed by atoms with E-state index in [1.807, 2.05) is 0 Å². The zero-order valence-electron chi connectivity index (χ0n) is 11.7. The number of nitrogens with zero attached hydrogens (tertiary/aromatic N) is 2. The van der Waals surface area contributed by atoms with Crippen molar-refractivity contribution in [1.29, 1.82) is 0 Å². The Bertz CT molecular complexity index is 731. The summed E-state index contributed by atoms with van der Waals surface area (Å²) in [4.78, 5) is 18.2. The predicted molar refractivity (Wildman–Crippen MR) is 86.4 cm³/mol. The number of amides is 1. The fraction of sp³-hybridized carbons (Fsp3) is 0.200. The van der Waals surface area contributed by atoms with Gasteiger partial charge in [0.2, 0.25) is 0 Å². The summed E-state index contributed by atoms with van der Waals surface area (Å²) in [5, 5.41) is 0.981. The number of nitrogen functional groups attached to an aromatic ring is 1. The Balaban J connectivity index is 2.06. The topological polar surface area (TPSA) is 68.5 Å². The molecule has 1 aromatic heterocycles. The molecule has 2 aromatic rings. The number of nitrogens with two attached hydrogens (primary N) is 1. The highest BCUT2D eigenvalue weighted by Crippen LogP contribution is 2.36. The van der Waals surface area contributed by atoms with Crippen LogP contribution in [0, 0.1) is 0 Å². The molecule has 0 saturated heterocycles. The van der Waals surface area contributed by atoms with Gasteiger partial charge >= 0.3 is 0 Å². The molecule has 5 nitrogen and oxygen atoms in total. The molecule has 0 aliphatic carbocycles. The lowest BCUT2D eigenvalue weighted by molar-refractivity contribution is -0.125. The third-order valence-corrected chi connectivity index (χ3v) is 4.12. The maximum atomic E-state index is 12.5. The number of anilines is 2. The Morgan fingerprint density at radius 1 is 1.27 bits per heavy atom. The molecule has 0 fully saturated rings. The van der Waals surface area contributed by atoms with Gasteiger partial charge in [-0.15, -0.1) is 0 Å². The summed E-state index contributed by atoms with van der Waals surface area (Å²) in [5.41, 5.74) is 6.38. The zero-order valence-corrected chi connectivity index (χ0v) is 13.2. The van der Waals surface area contributed by atoms with Crippen LogP contribution in [0.1, 0.15) is 12.5 Å². The number of rotatable bonds is 2. The second kappa shape index (κ2) is 5.66. The quantitative estimate of drug-likeness (QED) is 0.912. The third kappa shape index (κ3) is 2.58. The van der Waals surface area contributed by atoms with E-state index in [0.29, 0.717) is 33.0 Å². The number of hydrogen-bond acceptors (Lipinski definition) is 4. The molecule has 1 aromatic carbocycles. The molecule has 0 saturated carbocycles. The highest BCUT2D eigenvalue weighted by molar-refractivity contribution is 6.36. The number of hydrogen-bond donors (Lipinski definition) is 1. The van der Waals surface area contributed by atoms with Crippen LogP contribution < -0.4 is 15.4 Å². The molecule has 1 aliphatic heterocycles. The smallest absolute Gasteiger partial charge is 0.269 e. The lowest BCUT2D eigenvalue weighted by Gasteiger charge is -2.32. The molecule has 0 radical (unpaired) electrons. The van der Waals surface area contributed by atoms with Gasteiger partial charge in [0.15, 0.2) is 17.7 Å². The lowest BCUT2D eigenvalue weighted by atomic mass is 10.1. The van der Waals surface area contributed by atoms with Gasteiger partial charge in [0.25, 0.3) is 5.91 Å². The molecular formula is C15H13Cl2N3O2. The minimum Gasteiger partial charge on any atom is -0.477 e. The number of fused-ring (bicyclic) bond motifs is 1. The first-order valence-electron chi connectivity index (χ1n) is 6.65. The summed E-state index contributed by atoms with van der Waals surface area (Å²) in [5.74, 6) is 0.963. The monoisotopic (exact) mass is 337 g/mol. The lowest BCUT2D eigenvalue weighted by Crippen LogP contribution is -2.44. The average Bonchev–Trinajstić information content (AvgIpc) is 2.47. The molecule has 0 spiro atoms. The highest BCUT2D eigenvalue weighted by Gasteiger charge is 2.33. The number of carbonyl (C=O) groups excluding carboxylic acids is 1. The van der Waals surface area contributed by atoms with Gasteiger partial charge in [-0.2, -0.15) is 0 Å². The van der Waals surface area contributed by atoms with E-state index in [2.05, 4.69) is 4.98 Å². The van der Waals surface area contributed by atoms with Gasteiger partial charge in [0, 0.05) is 15.6 Å². The Morgan fingerprint density at radius 2 is 1.95 bits per heavy atom. The van der Waals surface area contributed by atoms with Crippen LogP contribution in [-0.2, 0) is 11.3 Å². The first-order valence-corrected chi connectivity index (χ1v) is 7.40. The highest BCUT2D eigenvalue weighted by atomic mass is 35.5. The van der Waals surface area contributed by atoms with Gasteiger partial charge in [-0.3, -0.25) is 9.69 Å². The normalized spacial score (nSPS) is 17.1. The van der Waals surface area contributed by atoms with Crippen LogP contribution in [0.5, 0.6) is 5.75 Å². The van der Waals surface area contributed by atoms with Crippen molar-refractivity contribution in [2.45, 2.75) is 19.6 Å². The van der Waals surface area contributed by atoms with Crippen LogP contribution in [0.25, 0.3) is 0 Å². The molecule has 1 atom stereocenters. The first kappa shape index (κ1) is 14.9. The molecule has 114 valence electrons. The second-order valence-electron chi connectivity index (χ2n) is 4.94. The van der Waals surface area contributed by atoms with E-state index in [0.717, 1.165) is 0 Å². The molecule has 1 unspecified atom stereocenters. The van der Waals surface area contributed by atoms with Gasteiger partial charge < -0.3 is 10.5 Å². The fourth-order valence-corrected chi connectivity index (χ4v) is 2.81. The third-order valence-electron chi connectivity index (χ3n) is 3.41. The molecule has 22 heavy (non-hydrogen) atoms. The van der Waals surface area contributed by atoms with Crippen LogP contribution in [0.4, 0.5) is 11.6 Å². The van der Waals surface area contributed by atoms with Crippen LogP contribution in [0.2, 0.25) is 10.0 Å². The first-order chi connectivity index (χ1) is 10.5. The van der Waals surface area contributed by atoms with Crippen molar-refractivity contribution >= 4 is 40.7 Å². The summed E-state index contributed by atoms with van der Waals surface area (Å²) < 4.78 is 5.55. The summed E-state index contributed by atoms with van der Waals surface area (Å²) in [6.45, 7) is 1.89. The van der Waals surface area contributed by atoms with E-state index < -0.39 is 6.10 Å². The van der Waals surface area contributed by atoms with Gasteiger partial charge in [-0.25, -0.2) is 4.98 Å².